The van der Waals surface area contributed by atoms with Crippen LogP contribution in [0, 0.1) is 12.8 Å². The lowest BCUT2D eigenvalue weighted by molar-refractivity contribution is -0.136. The fourth-order valence-electron chi connectivity index (χ4n) is 4.12. The number of anilines is 1. The average Bonchev–Trinajstić information content (AvgIpc) is 2.67. The number of likely N-dealkylation sites (tertiary alicyclic amines) is 1. The lowest BCUT2D eigenvalue weighted by Crippen LogP contribution is -2.46. The van der Waals surface area contributed by atoms with Gasteiger partial charge in [0, 0.05) is 26.2 Å². The Morgan fingerprint density at radius 2 is 1.72 bits per heavy atom. The molecular formula is C20H26N4O. The topological polar surface area (TPSA) is 49.3 Å². The summed E-state index contributed by atoms with van der Waals surface area (Å²) in [6.45, 7) is 5.61. The van der Waals surface area contributed by atoms with Crippen molar-refractivity contribution in [2.24, 2.45) is 5.92 Å². The highest BCUT2D eigenvalue weighted by Crippen LogP contribution is 2.27. The Morgan fingerprint density at radius 1 is 1.00 bits per heavy atom. The number of aromatic nitrogens is 2. The number of hydrogen-bond acceptors (Lipinski definition) is 4. The summed E-state index contributed by atoms with van der Waals surface area (Å²) in [7, 11) is 0. The predicted octanol–water partition coefficient (Wildman–Crippen LogP) is 3.17. The number of nitrogens with zero attached hydrogens (tertiary/aromatic N) is 4. The second kappa shape index (κ2) is 6.98. The van der Waals surface area contributed by atoms with E-state index < -0.39 is 0 Å². The molecule has 0 radical (unpaired) electrons. The Bertz CT molecular complexity index is 769. The summed E-state index contributed by atoms with van der Waals surface area (Å²) in [6, 6.07) is 7.99. The number of benzene rings is 1. The van der Waals surface area contributed by atoms with Gasteiger partial charge >= 0.3 is 0 Å². The molecule has 1 aromatic carbocycles. The van der Waals surface area contributed by atoms with Gasteiger partial charge in [-0.25, -0.2) is 9.97 Å². The number of aryl methyl sites for hydroxylation is 1. The van der Waals surface area contributed by atoms with Crippen LogP contribution in [0.5, 0.6) is 0 Å². The molecule has 0 N–H and O–H groups in total. The molecule has 25 heavy (non-hydrogen) atoms. The van der Waals surface area contributed by atoms with E-state index in [0.29, 0.717) is 5.91 Å². The SMILES string of the molecule is Cc1nc2ccccc2nc1N1CCCC(C(=O)N2CCCCC2)C1. The molecule has 3 heterocycles. The van der Waals surface area contributed by atoms with Crippen LogP contribution >= 0.6 is 0 Å². The molecule has 1 amide bonds. The van der Waals surface area contributed by atoms with Crippen LogP contribution in [0.1, 0.15) is 37.8 Å². The number of fused-ring (bicyclic) bond motifs is 1. The van der Waals surface area contributed by atoms with Crippen LogP contribution in [0.25, 0.3) is 11.0 Å². The third-order valence-electron chi connectivity index (χ3n) is 5.46. The van der Waals surface area contributed by atoms with Gasteiger partial charge in [0.05, 0.1) is 22.6 Å². The maximum Gasteiger partial charge on any atom is 0.227 e. The van der Waals surface area contributed by atoms with E-state index in [2.05, 4.69) is 9.80 Å². The molecule has 2 aromatic rings. The van der Waals surface area contributed by atoms with Crippen molar-refractivity contribution in [1.82, 2.24) is 14.9 Å². The predicted molar refractivity (Wildman–Crippen MR) is 99.6 cm³/mol. The van der Waals surface area contributed by atoms with Gasteiger partial charge in [-0.1, -0.05) is 12.1 Å². The second-order valence-electron chi connectivity index (χ2n) is 7.29. The van der Waals surface area contributed by atoms with Gasteiger partial charge < -0.3 is 9.80 Å². The largest absolute Gasteiger partial charge is 0.354 e. The fraction of sp³-hybridized carbons (Fsp3) is 0.550. The highest BCUT2D eigenvalue weighted by Gasteiger charge is 2.31. The number of amides is 1. The minimum atomic E-state index is 0.0968. The zero-order valence-corrected chi connectivity index (χ0v) is 14.9. The first-order valence-corrected chi connectivity index (χ1v) is 9.49. The van der Waals surface area contributed by atoms with Crippen molar-refractivity contribution in [1.29, 1.82) is 0 Å². The van der Waals surface area contributed by atoms with E-state index in [0.717, 1.165) is 74.4 Å². The molecule has 4 rings (SSSR count). The van der Waals surface area contributed by atoms with E-state index in [1.54, 1.807) is 0 Å². The van der Waals surface area contributed by atoms with Crippen LogP contribution in [0.2, 0.25) is 0 Å². The Kier molecular flexibility index (Phi) is 4.55. The zero-order valence-electron chi connectivity index (χ0n) is 14.9. The van der Waals surface area contributed by atoms with Crippen molar-refractivity contribution in [2.45, 2.75) is 39.0 Å². The average molecular weight is 338 g/mol. The van der Waals surface area contributed by atoms with E-state index in [-0.39, 0.29) is 5.92 Å². The van der Waals surface area contributed by atoms with Crippen molar-refractivity contribution >= 4 is 22.8 Å². The number of rotatable bonds is 2. The summed E-state index contributed by atoms with van der Waals surface area (Å²) in [5.74, 6) is 1.38. The first kappa shape index (κ1) is 16.3. The molecule has 0 aliphatic carbocycles. The highest BCUT2D eigenvalue weighted by atomic mass is 16.2. The van der Waals surface area contributed by atoms with Gasteiger partial charge in [0.1, 0.15) is 0 Å². The van der Waals surface area contributed by atoms with Gasteiger partial charge in [-0.3, -0.25) is 4.79 Å². The molecule has 0 saturated carbocycles. The van der Waals surface area contributed by atoms with E-state index in [1.165, 1.54) is 6.42 Å². The maximum absolute atomic E-state index is 12.9. The first-order chi connectivity index (χ1) is 12.2. The van der Waals surface area contributed by atoms with Gasteiger partial charge in [0.2, 0.25) is 5.91 Å². The highest BCUT2D eigenvalue weighted by molar-refractivity contribution is 5.80. The molecule has 2 aliphatic heterocycles. The number of piperidine rings is 2. The molecule has 1 atom stereocenters. The number of carbonyl (C=O) groups is 1. The molecule has 1 unspecified atom stereocenters. The van der Waals surface area contributed by atoms with Gasteiger partial charge in [0.25, 0.3) is 0 Å². The zero-order chi connectivity index (χ0) is 17.2. The third kappa shape index (κ3) is 3.32. The molecule has 0 spiro atoms. The number of carbonyl (C=O) groups excluding carboxylic acids is 1. The Balaban J connectivity index is 1.54. The van der Waals surface area contributed by atoms with Gasteiger partial charge in [-0.2, -0.15) is 0 Å². The van der Waals surface area contributed by atoms with E-state index >= 15 is 0 Å². The molecule has 2 aliphatic rings. The van der Waals surface area contributed by atoms with Crippen LogP contribution < -0.4 is 4.90 Å². The maximum atomic E-state index is 12.9. The van der Waals surface area contributed by atoms with E-state index in [9.17, 15) is 4.79 Å². The Labute approximate surface area is 149 Å². The van der Waals surface area contributed by atoms with Crippen molar-refractivity contribution in [3.05, 3.63) is 30.0 Å². The monoisotopic (exact) mass is 338 g/mol. The lowest BCUT2D eigenvalue weighted by Gasteiger charge is -2.37. The van der Waals surface area contributed by atoms with Crippen LogP contribution in [0.15, 0.2) is 24.3 Å². The van der Waals surface area contributed by atoms with Crippen molar-refractivity contribution in [3.63, 3.8) is 0 Å². The molecule has 0 bridgehead atoms. The summed E-state index contributed by atoms with van der Waals surface area (Å²) in [4.78, 5) is 26.8. The van der Waals surface area contributed by atoms with Crippen LogP contribution in [0.3, 0.4) is 0 Å². The normalized spacial score (nSPS) is 21.6. The molecule has 2 fully saturated rings. The lowest BCUT2D eigenvalue weighted by atomic mass is 9.95. The van der Waals surface area contributed by atoms with E-state index in [1.807, 2.05) is 31.2 Å². The van der Waals surface area contributed by atoms with Crippen LogP contribution in [-0.2, 0) is 4.79 Å². The second-order valence-corrected chi connectivity index (χ2v) is 7.29. The minimum Gasteiger partial charge on any atom is -0.354 e. The quantitative estimate of drug-likeness (QED) is 0.844. The summed E-state index contributed by atoms with van der Waals surface area (Å²) in [6.07, 6.45) is 5.59. The molecular weight excluding hydrogens is 312 g/mol. The van der Waals surface area contributed by atoms with Crippen LogP contribution in [0.4, 0.5) is 5.82 Å². The molecule has 5 heteroatoms. The van der Waals surface area contributed by atoms with Gasteiger partial charge in [0.15, 0.2) is 5.82 Å². The van der Waals surface area contributed by atoms with Crippen molar-refractivity contribution < 1.29 is 4.79 Å². The standard InChI is InChI=1S/C20H26N4O/c1-15-19(22-18-10-4-3-9-17(18)21-15)24-13-7-8-16(14-24)20(25)23-11-5-2-6-12-23/h3-4,9-10,16H,2,5-8,11-14H2,1H3. The summed E-state index contributed by atoms with van der Waals surface area (Å²) in [5.41, 5.74) is 2.80. The first-order valence-electron chi connectivity index (χ1n) is 9.49. The smallest absolute Gasteiger partial charge is 0.227 e. The molecule has 2 saturated heterocycles. The minimum absolute atomic E-state index is 0.0968. The fourth-order valence-corrected chi connectivity index (χ4v) is 4.12. The number of hydrogen-bond donors (Lipinski definition) is 0. The molecule has 5 nitrogen and oxygen atoms in total. The Hall–Kier alpha value is -2.17. The van der Waals surface area contributed by atoms with Gasteiger partial charge in [-0.15, -0.1) is 0 Å². The van der Waals surface area contributed by atoms with Crippen molar-refractivity contribution in [3.8, 4) is 0 Å². The summed E-state index contributed by atoms with van der Waals surface area (Å²) >= 11 is 0. The number of para-hydroxylation sites is 2. The van der Waals surface area contributed by atoms with E-state index in [4.69, 9.17) is 9.97 Å². The van der Waals surface area contributed by atoms with Gasteiger partial charge in [-0.05, 0) is 51.2 Å². The van der Waals surface area contributed by atoms with Crippen molar-refractivity contribution in [2.75, 3.05) is 31.1 Å². The molecule has 1 aromatic heterocycles. The summed E-state index contributed by atoms with van der Waals surface area (Å²) < 4.78 is 0. The Morgan fingerprint density at radius 3 is 2.48 bits per heavy atom. The third-order valence-corrected chi connectivity index (χ3v) is 5.46. The molecule has 132 valence electrons. The van der Waals surface area contributed by atoms with Crippen LogP contribution in [-0.4, -0.2) is 47.0 Å². The summed E-state index contributed by atoms with van der Waals surface area (Å²) in [5, 5.41) is 0.